The highest BCUT2D eigenvalue weighted by molar-refractivity contribution is 5.71. The first kappa shape index (κ1) is 99.9. The van der Waals surface area contributed by atoms with E-state index in [4.69, 9.17) is 18.9 Å². The number of hydrogen-bond acceptors (Lipinski definition) is 7. The molecule has 0 bridgehead atoms. The molecule has 0 aromatic rings. The highest BCUT2D eigenvalue weighted by atomic mass is 16.7. The second kappa shape index (κ2) is 84.5. The number of carboxylic acid groups (broad SMARTS) is 1. The van der Waals surface area contributed by atoms with Crippen molar-refractivity contribution in [2.45, 2.75) is 386 Å². The number of allylic oxidation sites excluding steroid dienone is 26. The largest absolute Gasteiger partial charge is 0.477 e. The molecule has 2 atom stereocenters. The maximum Gasteiger partial charge on any atom is 0.361 e. The maximum atomic E-state index is 13.0. The Balaban J connectivity index is 3.97. The van der Waals surface area contributed by atoms with Crippen molar-refractivity contribution in [1.82, 2.24) is 0 Å². The Labute approximate surface area is 648 Å². The zero-order valence-electron chi connectivity index (χ0n) is 68.8. The number of aliphatic carboxylic acids is 1. The average molecular weight is 1460 g/mol. The fourth-order valence-electron chi connectivity index (χ4n) is 12.2. The standard InChI is InChI=1S/C96H163NO8/c1-6-8-10-12-14-16-18-20-22-24-26-28-30-32-34-36-38-40-42-44-46-47-49-50-52-54-56-58-60-62-64-66-68-70-72-74-76-78-80-82-84-86-93(98)103-90-92(91-104-96(95(100)101)102-89-88-97(3,4)5)105-94(99)87-85-83-81-79-77-75-73-71-69-67-65-63-61-59-57-55-53-51-48-45-43-41-39-37-35-33-31-29-27-25-23-21-19-17-15-13-11-9-7-2/h8-11,14-17,20-23,26-29,32-35,38-41,45,48,92,96H,6-7,12-13,18-19,24-25,30-31,36-37,42-44,46-47,49-91H2,1-5H3/p+1/b10-8-,11-9-,16-14-,17-15-,22-20-,23-21-,28-26-,29-27-,34-32-,35-33-,40-38-,41-39-,48-45-. The lowest BCUT2D eigenvalue weighted by Gasteiger charge is -2.25. The van der Waals surface area contributed by atoms with Crippen LogP contribution in [0.4, 0.5) is 0 Å². The molecule has 0 aliphatic carbocycles. The Kier molecular flexibility index (Phi) is 80.4. The molecule has 0 fully saturated rings. The third kappa shape index (κ3) is 86.0. The molecule has 0 aromatic heterocycles. The van der Waals surface area contributed by atoms with E-state index in [0.29, 0.717) is 17.4 Å². The number of carboxylic acids is 1. The molecule has 0 saturated carbocycles. The van der Waals surface area contributed by atoms with Crippen molar-refractivity contribution >= 4 is 17.9 Å². The van der Waals surface area contributed by atoms with Gasteiger partial charge in [-0.15, -0.1) is 0 Å². The predicted molar refractivity (Wildman–Crippen MR) is 456 cm³/mol. The third-order valence-corrected chi connectivity index (χ3v) is 18.8. The molecule has 1 N–H and O–H groups in total. The number of esters is 2. The van der Waals surface area contributed by atoms with E-state index in [1.54, 1.807) is 0 Å². The van der Waals surface area contributed by atoms with Crippen molar-refractivity contribution < 1.29 is 42.9 Å². The van der Waals surface area contributed by atoms with E-state index in [1.807, 2.05) is 21.1 Å². The number of carbonyl (C=O) groups excluding carboxylic acids is 2. The lowest BCUT2D eigenvalue weighted by Crippen LogP contribution is -2.40. The van der Waals surface area contributed by atoms with E-state index in [9.17, 15) is 19.5 Å². The Morgan fingerprint density at radius 3 is 0.762 bits per heavy atom. The normalized spacial score (nSPS) is 13.4. The number of quaternary nitrogens is 1. The summed E-state index contributed by atoms with van der Waals surface area (Å²) in [7, 11) is 5.99. The number of carbonyl (C=O) groups is 3. The first-order valence-electron chi connectivity index (χ1n) is 43.6. The van der Waals surface area contributed by atoms with E-state index < -0.39 is 24.3 Å². The Hall–Kier alpha value is -5.09. The zero-order valence-corrected chi connectivity index (χ0v) is 68.8. The van der Waals surface area contributed by atoms with Crippen LogP contribution in [-0.2, 0) is 33.3 Å². The van der Waals surface area contributed by atoms with Gasteiger partial charge in [0, 0.05) is 12.8 Å². The van der Waals surface area contributed by atoms with Gasteiger partial charge in [-0.2, -0.15) is 0 Å². The van der Waals surface area contributed by atoms with Crippen LogP contribution in [0.1, 0.15) is 373 Å². The Morgan fingerprint density at radius 2 is 0.514 bits per heavy atom. The average Bonchev–Trinajstić information content (AvgIpc) is 1.97. The predicted octanol–water partition coefficient (Wildman–Crippen LogP) is 28.7. The number of likely N-dealkylation sites (N-methyl/N-ethyl adjacent to an activating group) is 1. The molecule has 0 amide bonds. The summed E-state index contributed by atoms with van der Waals surface area (Å²) in [6.07, 6.45) is 123. The van der Waals surface area contributed by atoms with E-state index in [-0.39, 0.29) is 32.2 Å². The molecule has 0 saturated heterocycles. The van der Waals surface area contributed by atoms with Crippen molar-refractivity contribution in [2.24, 2.45) is 0 Å². The number of hydrogen-bond donors (Lipinski definition) is 1. The minimum Gasteiger partial charge on any atom is -0.477 e. The van der Waals surface area contributed by atoms with Gasteiger partial charge in [0.25, 0.3) is 6.29 Å². The SMILES string of the molecule is CC/C=C\C/C=C\C/C=C\C/C=C\C/C=C\C/C=C\C/C=C\CCCCCCCCCCCCCCCCCCCC(=O)OC(COC(=O)CCCCCCCCCCCCCCCCCCCCCCCC/C=C\C/C=C\C/C=C\C/C=C\C/C=C\C/C=C\CC)COC(OCC[N+](C)(C)C)C(=O)O. The van der Waals surface area contributed by atoms with Crippen molar-refractivity contribution in [3.63, 3.8) is 0 Å². The summed E-state index contributed by atoms with van der Waals surface area (Å²) in [6.45, 7) is 4.68. The van der Waals surface area contributed by atoms with Crippen LogP contribution in [0.3, 0.4) is 0 Å². The Bertz CT molecular complexity index is 2300. The van der Waals surface area contributed by atoms with Crippen LogP contribution in [0.2, 0.25) is 0 Å². The van der Waals surface area contributed by atoms with E-state index in [0.717, 1.165) is 122 Å². The second-order valence-corrected chi connectivity index (χ2v) is 30.1. The van der Waals surface area contributed by atoms with Crippen LogP contribution >= 0.6 is 0 Å². The molecule has 0 aromatic carbocycles. The fourth-order valence-corrected chi connectivity index (χ4v) is 12.2. The molecule has 0 aliphatic heterocycles. The molecule has 600 valence electrons. The van der Waals surface area contributed by atoms with Crippen LogP contribution in [0, 0.1) is 0 Å². The molecular weight excluding hydrogens is 1300 g/mol. The van der Waals surface area contributed by atoms with E-state index in [2.05, 4.69) is 172 Å². The molecule has 2 unspecified atom stereocenters. The van der Waals surface area contributed by atoms with Gasteiger partial charge in [0.05, 0.1) is 34.4 Å². The van der Waals surface area contributed by atoms with Gasteiger partial charge in [-0.25, -0.2) is 4.79 Å². The molecule has 105 heavy (non-hydrogen) atoms. The number of rotatable bonds is 80. The summed E-state index contributed by atoms with van der Waals surface area (Å²) < 4.78 is 23.1. The van der Waals surface area contributed by atoms with Gasteiger partial charge in [-0.05, 0) is 122 Å². The highest BCUT2D eigenvalue weighted by Gasteiger charge is 2.25. The van der Waals surface area contributed by atoms with Gasteiger partial charge in [0.15, 0.2) is 6.10 Å². The smallest absolute Gasteiger partial charge is 0.361 e. The molecule has 9 nitrogen and oxygen atoms in total. The van der Waals surface area contributed by atoms with Gasteiger partial charge in [0.2, 0.25) is 0 Å². The zero-order chi connectivity index (χ0) is 76.0. The first-order chi connectivity index (χ1) is 51.6. The maximum absolute atomic E-state index is 13.0. The van der Waals surface area contributed by atoms with Crippen LogP contribution in [0.15, 0.2) is 158 Å². The first-order valence-corrected chi connectivity index (χ1v) is 43.6. The molecular formula is C96H164NO8+. The summed E-state index contributed by atoms with van der Waals surface area (Å²) in [4.78, 5) is 37.8. The summed E-state index contributed by atoms with van der Waals surface area (Å²) in [5.41, 5.74) is 0. The Morgan fingerprint density at radius 1 is 0.286 bits per heavy atom. The quantitative estimate of drug-likeness (QED) is 0.0211. The molecule has 0 rings (SSSR count). The minimum atomic E-state index is -1.52. The van der Waals surface area contributed by atoms with Crippen molar-refractivity contribution in [3.05, 3.63) is 158 Å². The van der Waals surface area contributed by atoms with Gasteiger partial charge in [-0.1, -0.05) is 397 Å². The van der Waals surface area contributed by atoms with E-state index >= 15 is 0 Å². The summed E-state index contributed by atoms with van der Waals surface area (Å²) >= 11 is 0. The van der Waals surface area contributed by atoms with Crippen molar-refractivity contribution in [3.8, 4) is 0 Å². The summed E-state index contributed by atoms with van der Waals surface area (Å²) in [5, 5.41) is 9.79. The van der Waals surface area contributed by atoms with Crippen molar-refractivity contribution in [2.75, 3.05) is 47.5 Å². The summed E-state index contributed by atoms with van der Waals surface area (Å²) in [6, 6.07) is 0. The van der Waals surface area contributed by atoms with Crippen molar-refractivity contribution in [1.29, 1.82) is 0 Å². The van der Waals surface area contributed by atoms with Crippen LogP contribution in [-0.4, -0.2) is 87.4 Å². The van der Waals surface area contributed by atoms with Gasteiger partial charge < -0.3 is 28.5 Å². The number of ether oxygens (including phenoxy) is 4. The van der Waals surface area contributed by atoms with Gasteiger partial charge in [-0.3, -0.25) is 9.59 Å². The van der Waals surface area contributed by atoms with Crippen LogP contribution in [0.5, 0.6) is 0 Å². The minimum absolute atomic E-state index is 0.183. The topological polar surface area (TPSA) is 108 Å². The third-order valence-electron chi connectivity index (χ3n) is 18.8. The second-order valence-electron chi connectivity index (χ2n) is 30.1. The molecule has 0 heterocycles. The molecule has 9 heteroatoms. The molecule has 0 spiro atoms. The van der Waals surface area contributed by atoms with E-state index in [1.165, 1.54) is 225 Å². The highest BCUT2D eigenvalue weighted by Crippen LogP contribution is 2.19. The number of nitrogens with zero attached hydrogens (tertiary/aromatic N) is 1. The lowest BCUT2D eigenvalue weighted by atomic mass is 10.0. The molecule has 0 radical (unpaired) electrons. The van der Waals surface area contributed by atoms with Crippen LogP contribution < -0.4 is 0 Å². The van der Waals surface area contributed by atoms with Gasteiger partial charge in [0.1, 0.15) is 13.2 Å². The molecule has 0 aliphatic rings. The van der Waals surface area contributed by atoms with Gasteiger partial charge >= 0.3 is 17.9 Å². The summed E-state index contributed by atoms with van der Waals surface area (Å²) in [5.74, 6) is -1.99. The monoisotopic (exact) mass is 1460 g/mol. The number of unbranched alkanes of at least 4 members (excludes halogenated alkanes) is 39. The lowest BCUT2D eigenvalue weighted by molar-refractivity contribution is -0.870. The van der Waals surface area contributed by atoms with Crippen LogP contribution in [0.25, 0.3) is 0 Å². The fraction of sp³-hybridized carbons (Fsp3) is 0.698.